The number of thiophene rings is 1. The number of carbonyl (C=O) groups is 2. The van der Waals surface area contributed by atoms with Gasteiger partial charge in [-0.25, -0.2) is 0 Å². The number of allylic oxidation sites excluding steroid dienone is 2. The highest BCUT2D eigenvalue weighted by atomic mass is 35.5. The van der Waals surface area contributed by atoms with Gasteiger partial charge in [-0.15, -0.1) is 11.3 Å². The molecule has 2 heterocycles. The van der Waals surface area contributed by atoms with Gasteiger partial charge in [-0.1, -0.05) is 43.1 Å². The smallest absolute Gasteiger partial charge is 0.232 e. The fourth-order valence-corrected chi connectivity index (χ4v) is 5.47. The SMILES string of the molecule is CC1(C)CC(=O)C2=C(C1)N(c1cc(Cl)cc(Cl)c1)C(=O)C[C@@H]2c1cccs1. The predicted molar refractivity (Wildman–Crippen MR) is 111 cm³/mol. The molecule has 2 aromatic rings. The van der Waals surface area contributed by atoms with Crippen LogP contribution in [0, 0.1) is 5.41 Å². The van der Waals surface area contributed by atoms with Gasteiger partial charge in [0.05, 0.1) is 5.69 Å². The van der Waals surface area contributed by atoms with Gasteiger partial charge in [-0.3, -0.25) is 14.5 Å². The number of Topliss-reactive ketones (excluding diaryl/α,β-unsaturated/α-hetero) is 1. The van der Waals surface area contributed by atoms with Crippen LogP contribution in [0.4, 0.5) is 5.69 Å². The van der Waals surface area contributed by atoms with E-state index >= 15 is 0 Å². The zero-order chi connectivity index (χ0) is 19.3. The van der Waals surface area contributed by atoms with E-state index in [1.165, 1.54) is 0 Å². The third-order valence-corrected chi connectivity index (χ3v) is 6.56. The summed E-state index contributed by atoms with van der Waals surface area (Å²) in [6, 6.07) is 9.07. The summed E-state index contributed by atoms with van der Waals surface area (Å²) in [5.74, 6) is -0.0664. The number of amides is 1. The number of benzene rings is 1. The first-order valence-corrected chi connectivity index (χ1v) is 10.5. The van der Waals surface area contributed by atoms with Crippen LogP contribution in [0.2, 0.25) is 10.0 Å². The minimum absolute atomic E-state index is 0.0315. The molecule has 3 nitrogen and oxygen atoms in total. The highest BCUT2D eigenvalue weighted by molar-refractivity contribution is 7.10. The molecule has 1 atom stereocenters. The average molecular weight is 420 g/mol. The fourth-order valence-electron chi connectivity index (χ4n) is 4.12. The van der Waals surface area contributed by atoms with Crippen LogP contribution >= 0.6 is 34.5 Å². The van der Waals surface area contributed by atoms with Crippen molar-refractivity contribution in [3.63, 3.8) is 0 Å². The lowest BCUT2D eigenvalue weighted by Gasteiger charge is -2.42. The van der Waals surface area contributed by atoms with Gasteiger partial charge in [-0.2, -0.15) is 0 Å². The van der Waals surface area contributed by atoms with Crippen LogP contribution in [0.1, 0.15) is 43.9 Å². The van der Waals surface area contributed by atoms with Crippen LogP contribution in [0.3, 0.4) is 0 Å². The number of nitrogens with zero attached hydrogens (tertiary/aromatic N) is 1. The third-order valence-electron chi connectivity index (χ3n) is 5.14. The number of ketones is 1. The molecule has 6 heteroatoms. The number of rotatable bonds is 2. The summed E-state index contributed by atoms with van der Waals surface area (Å²) in [4.78, 5) is 29.0. The highest BCUT2D eigenvalue weighted by Gasteiger charge is 2.44. The van der Waals surface area contributed by atoms with Gasteiger partial charge in [0, 0.05) is 45.0 Å². The molecular weight excluding hydrogens is 401 g/mol. The molecule has 0 fully saturated rings. The number of hydrogen-bond donors (Lipinski definition) is 0. The van der Waals surface area contributed by atoms with Crippen LogP contribution in [-0.2, 0) is 9.59 Å². The number of anilines is 1. The van der Waals surface area contributed by atoms with Gasteiger partial charge < -0.3 is 0 Å². The van der Waals surface area contributed by atoms with Crippen LogP contribution in [0.25, 0.3) is 0 Å². The van der Waals surface area contributed by atoms with Crippen molar-refractivity contribution in [3.05, 3.63) is 61.9 Å². The van der Waals surface area contributed by atoms with Crippen LogP contribution < -0.4 is 4.90 Å². The van der Waals surface area contributed by atoms with Gasteiger partial charge in [0.1, 0.15) is 0 Å². The maximum atomic E-state index is 13.2. The minimum atomic E-state index is -0.200. The summed E-state index contributed by atoms with van der Waals surface area (Å²) in [5, 5.41) is 2.92. The van der Waals surface area contributed by atoms with Crippen molar-refractivity contribution in [2.24, 2.45) is 5.41 Å². The van der Waals surface area contributed by atoms with E-state index in [4.69, 9.17) is 23.2 Å². The molecular formula is C21H19Cl2NO2S. The van der Waals surface area contributed by atoms with Crippen molar-refractivity contribution in [2.45, 2.75) is 39.0 Å². The quantitative estimate of drug-likeness (QED) is 0.579. The molecule has 0 N–H and O–H groups in total. The van der Waals surface area contributed by atoms with E-state index in [1.54, 1.807) is 34.4 Å². The minimum Gasteiger partial charge on any atom is -0.294 e. The summed E-state index contributed by atoms with van der Waals surface area (Å²) in [6.07, 6.45) is 1.42. The topological polar surface area (TPSA) is 37.4 Å². The Labute approximate surface area is 172 Å². The number of carbonyl (C=O) groups excluding carboxylic acids is 2. The second-order valence-corrected chi connectivity index (χ2v) is 9.78. The fraction of sp³-hybridized carbons (Fsp3) is 0.333. The molecule has 4 rings (SSSR count). The summed E-state index contributed by atoms with van der Waals surface area (Å²) >= 11 is 14.0. The van der Waals surface area contributed by atoms with Crippen molar-refractivity contribution in [3.8, 4) is 0 Å². The van der Waals surface area contributed by atoms with Crippen molar-refractivity contribution < 1.29 is 9.59 Å². The molecule has 1 aliphatic carbocycles. The molecule has 0 bridgehead atoms. The average Bonchev–Trinajstić information content (AvgIpc) is 3.05. The van der Waals surface area contributed by atoms with Crippen LogP contribution in [-0.4, -0.2) is 11.7 Å². The second-order valence-electron chi connectivity index (χ2n) is 7.93. The van der Waals surface area contributed by atoms with E-state index in [2.05, 4.69) is 13.8 Å². The molecule has 1 aliphatic heterocycles. The Morgan fingerprint density at radius 3 is 2.44 bits per heavy atom. The highest BCUT2D eigenvalue weighted by Crippen LogP contribution is 2.49. The molecule has 140 valence electrons. The van der Waals surface area contributed by atoms with Crippen molar-refractivity contribution >= 4 is 51.9 Å². The van der Waals surface area contributed by atoms with Crippen molar-refractivity contribution in [1.29, 1.82) is 0 Å². The first kappa shape index (κ1) is 18.7. The van der Waals surface area contributed by atoms with Gasteiger partial charge in [0.15, 0.2) is 5.78 Å². The van der Waals surface area contributed by atoms with E-state index < -0.39 is 0 Å². The van der Waals surface area contributed by atoms with Gasteiger partial charge in [0.25, 0.3) is 0 Å². The summed E-state index contributed by atoms with van der Waals surface area (Å²) in [7, 11) is 0. The Morgan fingerprint density at radius 2 is 1.81 bits per heavy atom. The van der Waals surface area contributed by atoms with E-state index in [9.17, 15) is 9.59 Å². The van der Waals surface area contributed by atoms with E-state index in [1.807, 2.05) is 17.5 Å². The summed E-state index contributed by atoms with van der Waals surface area (Å²) in [6.45, 7) is 4.13. The van der Waals surface area contributed by atoms with Crippen molar-refractivity contribution in [2.75, 3.05) is 4.90 Å². The van der Waals surface area contributed by atoms with Gasteiger partial charge in [0.2, 0.25) is 5.91 Å². The predicted octanol–water partition coefficient (Wildman–Crippen LogP) is 6.22. The third kappa shape index (κ3) is 3.46. The normalized spacial score (nSPS) is 22.2. The molecule has 1 aromatic heterocycles. The standard InChI is InChI=1S/C21H19Cl2NO2S/c1-21(2)10-16-20(17(25)11-21)15(18-4-3-5-27-18)9-19(26)24(16)14-7-12(22)6-13(23)8-14/h3-8,15H,9-11H2,1-2H3/t15-/m1/s1. The zero-order valence-corrected chi connectivity index (χ0v) is 17.4. The summed E-state index contributed by atoms with van der Waals surface area (Å²) in [5.41, 5.74) is 1.99. The largest absolute Gasteiger partial charge is 0.294 e. The molecule has 2 aliphatic rings. The van der Waals surface area contributed by atoms with Gasteiger partial charge >= 0.3 is 0 Å². The lowest BCUT2D eigenvalue weighted by molar-refractivity contribution is -0.120. The Morgan fingerprint density at radius 1 is 1.11 bits per heavy atom. The molecule has 27 heavy (non-hydrogen) atoms. The zero-order valence-electron chi connectivity index (χ0n) is 15.1. The van der Waals surface area contributed by atoms with Crippen molar-refractivity contribution in [1.82, 2.24) is 0 Å². The Kier molecular flexibility index (Phi) is 4.69. The van der Waals surface area contributed by atoms with E-state index in [-0.39, 0.29) is 29.4 Å². The molecule has 0 spiro atoms. The monoisotopic (exact) mass is 419 g/mol. The Balaban J connectivity index is 1.92. The Hall–Kier alpha value is -1.62. The maximum absolute atomic E-state index is 13.2. The molecule has 0 unspecified atom stereocenters. The van der Waals surface area contributed by atoms with E-state index in [0.29, 0.717) is 28.6 Å². The first-order chi connectivity index (χ1) is 12.7. The van der Waals surface area contributed by atoms with Crippen LogP contribution in [0.5, 0.6) is 0 Å². The maximum Gasteiger partial charge on any atom is 0.232 e. The number of hydrogen-bond acceptors (Lipinski definition) is 3. The number of halogens is 2. The lowest BCUT2D eigenvalue weighted by atomic mass is 9.70. The van der Waals surface area contributed by atoms with Crippen LogP contribution in [0.15, 0.2) is 47.0 Å². The molecule has 0 radical (unpaired) electrons. The summed E-state index contributed by atoms with van der Waals surface area (Å²) < 4.78 is 0. The Bertz CT molecular complexity index is 942. The first-order valence-electron chi connectivity index (χ1n) is 8.84. The molecule has 1 aromatic carbocycles. The lowest BCUT2D eigenvalue weighted by Crippen LogP contribution is -2.43. The second kappa shape index (κ2) is 6.77. The molecule has 1 amide bonds. The van der Waals surface area contributed by atoms with E-state index in [0.717, 1.165) is 16.1 Å². The van der Waals surface area contributed by atoms with Gasteiger partial charge in [-0.05, 0) is 41.5 Å². The molecule has 0 saturated carbocycles. The molecule has 0 saturated heterocycles.